The Kier molecular flexibility index (Phi) is 7.05. The van der Waals surface area contributed by atoms with Crippen LogP contribution in [0.25, 0.3) is 0 Å². The highest BCUT2D eigenvalue weighted by Gasteiger charge is 2.67. The minimum atomic E-state index is -1.31. The van der Waals surface area contributed by atoms with Crippen molar-refractivity contribution >= 4 is 75.5 Å². The summed E-state index contributed by atoms with van der Waals surface area (Å²) in [6, 6.07) is 11.7. The molecule has 2 aromatic rings. The van der Waals surface area contributed by atoms with Crippen LogP contribution in [0.5, 0.6) is 0 Å². The highest BCUT2D eigenvalue weighted by atomic mass is 35.5. The van der Waals surface area contributed by atoms with Crippen LogP contribution in [-0.4, -0.2) is 22.2 Å². The van der Waals surface area contributed by atoms with Gasteiger partial charge in [0.15, 0.2) is 0 Å². The smallest absolute Gasteiger partial charge is 0.253 e. The lowest BCUT2D eigenvalue weighted by atomic mass is 10.1. The number of halogens is 5. The van der Waals surface area contributed by atoms with Crippen LogP contribution in [0.4, 0.5) is 5.69 Å². The number of carbonyl (C=O) groups excluding carboxylic acids is 2. The van der Waals surface area contributed by atoms with Gasteiger partial charge >= 0.3 is 0 Å². The molecule has 2 aliphatic carbocycles. The first kappa shape index (κ1) is 24.4. The summed E-state index contributed by atoms with van der Waals surface area (Å²) in [5.41, 5.74) is 1.28. The molecule has 33 heavy (non-hydrogen) atoms. The van der Waals surface area contributed by atoms with Gasteiger partial charge in [-0.2, -0.15) is 5.26 Å². The minimum absolute atomic E-state index is 0.0522. The Labute approximate surface area is 216 Å². The van der Waals surface area contributed by atoms with Gasteiger partial charge in [0.1, 0.15) is 4.33 Å². The Hall–Kier alpha value is -1.68. The van der Waals surface area contributed by atoms with E-state index in [2.05, 4.69) is 16.7 Å². The summed E-state index contributed by atoms with van der Waals surface area (Å²) in [6.07, 6.45) is 2.10. The summed E-state index contributed by atoms with van der Waals surface area (Å²) in [5.74, 6) is -2.03. The van der Waals surface area contributed by atoms with E-state index in [9.17, 15) is 9.59 Å². The fourth-order valence-corrected chi connectivity index (χ4v) is 5.89. The average Bonchev–Trinajstić information content (AvgIpc) is 3.07. The van der Waals surface area contributed by atoms with E-state index >= 15 is 0 Å². The van der Waals surface area contributed by atoms with Crippen molar-refractivity contribution in [2.75, 3.05) is 5.32 Å². The zero-order valence-electron chi connectivity index (χ0n) is 17.0. The summed E-state index contributed by atoms with van der Waals surface area (Å²) in [6.45, 7) is 0. The van der Waals surface area contributed by atoms with Gasteiger partial charge in [-0.15, -0.1) is 23.2 Å². The maximum Gasteiger partial charge on any atom is 0.253 e. The molecule has 0 bridgehead atoms. The molecule has 5 nitrogen and oxygen atoms in total. The molecular weight excluding hydrogens is 528 g/mol. The van der Waals surface area contributed by atoms with E-state index in [1.165, 1.54) is 12.1 Å². The highest BCUT2D eigenvalue weighted by Crippen LogP contribution is 2.65. The molecule has 2 saturated carbocycles. The summed E-state index contributed by atoms with van der Waals surface area (Å²) in [4.78, 5) is 25.7. The predicted octanol–water partition coefficient (Wildman–Crippen LogP) is 6.59. The van der Waals surface area contributed by atoms with Crippen molar-refractivity contribution < 1.29 is 9.59 Å². The molecule has 2 fully saturated rings. The number of alkyl halides is 2. The number of amides is 2. The van der Waals surface area contributed by atoms with Crippen molar-refractivity contribution in [2.45, 2.75) is 35.6 Å². The van der Waals surface area contributed by atoms with Gasteiger partial charge in [-0.05, 0) is 61.2 Å². The van der Waals surface area contributed by atoms with Crippen molar-refractivity contribution in [1.82, 2.24) is 5.32 Å². The van der Waals surface area contributed by atoms with E-state index in [1.54, 1.807) is 24.3 Å². The fourth-order valence-electron chi connectivity index (χ4n) is 4.31. The molecule has 172 valence electrons. The van der Waals surface area contributed by atoms with Crippen LogP contribution in [0.1, 0.15) is 41.1 Å². The number of anilines is 1. The van der Waals surface area contributed by atoms with Crippen molar-refractivity contribution in [1.29, 1.82) is 5.26 Å². The van der Waals surface area contributed by atoms with Gasteiger partial charge in [0.25, 0.3) is 5.91 Å². The molecule has 0 aliphatic heterocycles. The lowest BCUT2D eigenvalue weighted by Crippen LogP contribution is -2.33. The van der Waals surface area contributed by atoms with E-state index in [0.29, 0.717) is 27.7 Å². The van der Waals surface area contributed by atoms with E-state index < -0.39 is 22.1 Å². The van der Waals surface area contributed by atoms with Crippen LogP contribution in [-0.2, 0) is 4.79 Å². The zero-order valence-corrected chi connectivity index (χ0v) is 20.8. The fraction of sp³-hybridized carbons (Fsp3) is 0.348. The second-order valence-electron chi connectivity index (χ2n) is 8.33. The number of carbonyl (C=O) groups is 2. The van der Waals surface area contributed by atoms with Gasteiger partial charge in [-0.1, -0.05) is 34.8 Å². The Morgan fingerprint density at radius 3 is 2.36 bits per heavy atom. The van der Waals surface area contributed by atoms with Crippen molar-refractivity contribution in [3.05, 3.63) is 62.6 Å². The molecule has 0 radical (unpaired) electrons. The molecule has 0 saturated heterocycles. The van der Waals surface area contributed by atoms with Crippen LogP contribution in [0.2, 0.25) is 15.1 Å². The molecule has 2 aromatic carbocycles. The number of nitrogens with zero attached hydrogens (tertiary/aromatic N) is 1. The second-order valence-corrected chi connectivity index (χ2v) is 11.1. The maximum atomic E-state index is 12.9. The second kappa shape index (κ2) is 9.52. The van der Waals surface area contributed by atoms with E-state index in [4.69, 9.17) is 63.3 Å². The van der Waals surface area contributed by atoms with Gasteiger partial charge in [0.05, 0.1) is 22.6 Å². The van der Waals surface area contributed by atoms with Crippen LogP contribution in [0.3, 0.4) is 0 Å². The van der Waals surface area contributed by atoms with E-state index in [0.717, 1.165) is 12.8 Å². The maximum absolute atomic E-state index is 12.9. The van der Waals surface area contributed by atoms with Crippen LogP contribution in [0.15, 0.2) is 36.4 Å². The predicted molar refractivity (Wildman–Crippen MR) is 131 cm³/mol. The lowest BCUT2D eigenvalue weighted by Gasteiger charge is -2.14. The topological polar surface area (TPSA) is 82.0 Å². The molecule has 0 spiro atoms. The molecule has 4 atom stereocenters. The van der Waals surface area contributed by atoms with Gasteiger partial charge in [-0.3, -0.25) is 9.59 Å². The van der Waals surface area contributed by atoms with Gasteiger partial charge < -0.3 is 10.6 Å². The van der Waals surface area contributed by atoms with Crippen LogP contribution < -0.4 is 10.6 Å². The molecular formula is C23H18Cl5N3O2. The molecule has 4 rings (SSSR count). The Morgan fingerprint density at radius 1 is 1.03 bits per heavy atom. The van der Waals surface area contributed by atoms with E-state index in [-0.39, 0.29) is 28.5 Å². The number of hydrogen-bond acceptors (Lipinski definition) is 3. The first-order valence-corrected chi connectivity index (χ1v) is 12.1. The van der Waals surface area contributed by atoms with Crippen molar-refractivity contribution in [3.8, 4) is 6.07 Å². The standard InChI is InChI=1S/C23H18Cl5N3O2/c24-13-6-12(7-14(25)8-13)19-20(23(19,27)28)22(33)31-16-3-4-18(26)17(9-16)21(32)30-15-2-1-11(5-15)10-29/h3-4,6-9,11,15,19-20H,1-2,5H2,(H,30,32)(H,31,33). The normalized spacial score (nSPS) is 25.2. The summed E-state index contributed by atoms with van der Waals surface area (Å²) >= 11 is 31.2. The Bertz CT molecular complexity index is 1140. The number of benzene rings is 2. The summed E-state index contributed by atoms with van der Waals surface area (Å²) in [5, 5.41) is 15.8. The van der Waals surface area contributed by atoms with Crippen molar-refractivity contribution in [3.63, 3.8) is 0 Å². The van der Waals surface area contributed by atoms with Crippen molar-refractivity contribution in [2.24, 2.45) is 11.8 Å². The largest absolute Gasteiger partial charge is 0.349 e. The summed E-state index contributed by atoms with van der Waals surface area (Å²) in [7, 11) is 0. The average molecular weight is 546 g/mol. The number of rotatable bonds is 5. The highest BCUT2D eigenvalue weighted by molar-refractivity contribution is 6.53. The van der Waals surface area contributed by atoms with Gasteiger partial charge in [0, 0.05) is 33.6 Å². The third-order valence-electron chi connectivity index (χ3n) is 6.01. The SMILES string of the molecule is N#CC1CCC(NC(=O)c2cc(NC(=O)C3C(c4cc(Cl)cc(Cl)c4)C3(Cl)Cl)ccc2Cl)C1. The molecule has 0 heterocycles. The quantitative estimate of drug-likeness (QED) is 0.416. The van der Waals surface area contributed by atoms with Crippen LogP contribution >= 0.6 is 58.0 Å². The molecule has 2 aliphatic rings. The summed E-state index contributed by atoms with van der Waals surface area (Å²) < 4.78 is -1.31. The molecule has 4 unspecified atom stereocenters. The molecule has 2 N–H and O–H groups in total. The van der Waals surface area contributed by atoms with Crippen LogP contribution in [0, 0.1) is 23.2 Å². The minimum Gasteiger partial charge on any atom is -0.349 e. The Morgan fingerprint density at radius 2 is 1.73 bits per heavy atom. The van der Waals surface area contributed by atoms with Gasteiger partial charge in [-0.25, -0.2) is 0 Å². The first-order chi connectivity index (χ1) is 15.6. The lowest BCUT2D eigenvalue weighted by molar-refractivity contribution is -0.117. The molecule has 2 amide bonds. The third-order valence-corrected chi connectivity index (χ3v) is 7.72. The first-order valence-electron chi connectivity index (χ1n) is 10.2. The number of nitriles is 1. The molecule has 0 aromatic heterocycles. The number of hydrogen-bond donors (Lipinski definition) is 2. The van der Waals surface area contributed by atoms with E-state index in [1.807, 2.05) is 0 Å². The monoisotopic (exact) mass is 543 g/mol. The zero-order chi connectivity index (χ0) is 23.9. The molecule has 10 heteroatoms. The number of nitrogens with one attached hydrogen (secondary N) is 2. The van der Waals surface area contributed by atoms with Gasteiger partial charge in [0.2, 0.25) is 5.91 Å². The Balaban J connectivity index is 1.46. The third kappa shape index (κ3) is 5.21.